The number of carbonyl (C=O) groups excluding carboxylic acids is 1. The summed E-state index contributed by atoms with van der Waals surface area (Å²) in [5.41, 5.74) is 6.71. The van der Waals surface area contributed by atoms with Gasteiger partial charge in [-0.1, -0.05) is 24.3 Å². The zero-order valence-corrected chi connectivity index (χ0v) is 18.9. The van der Waals surface area contributed by atoms with Crippen LogP contribution in [0.1, 0.15) is 34.0 Å². The van der Waals surface area contributed by atoms with Crippen molar-refractivity contribution in [2.75, 3.05) is 25.0 Å². The van der Waals surface area contributed by atoms with E-state index in [1.807, 2.05) is 31.2 Å². The van der Waals surface area contributed by atoms with Crippen molar-refractivity contribution in [2.45, 2.75) is 26.3 Å². The number of nitrogens with zero attached hydrogens (tertiary/aromatic N) is 1. The van der Waals surface area contributed by atoms with Crippen molar-refractivity contribution in [2.24, 2.45) is 0 Å². The molecule has 5 nitrogen and oxygen atoms in total. The van der Waals surface area contributed by atoms with Crippen LogP contribution in [0.5, 0.6) is 5.75 Å². The van der Waals surface area contributed by atoms with E-state index in [-0.39, 0.29) is 5.91 Å². The van der Waals surface area contributed by atoms with Gasteiger partial charge in [0.05, 0.1) is 6.61 Å². The summed E-state index contributed by atoms with van der Waals surface area (Å²) in [7, 11) is 0. The molecule has 3 aromatic carbocycles. The number of ether oxygens (including phenoxy) is 1. The molecule has 0 radical (unpaired) electrons. The third-order valence-electron chi connectivity index (χ3n) is 6.36. The molecular formula is C28H29N3O2. The average molecular weight is 440 g/mol. The van der Waals surface area contributed by atoms with Crippen molar-refractivity contribution in [3.05, 3.63) is 95.2 Å². The Morgan fingerprint density at radius 1 is 1.06 bits per heavy atom. The molecule has 1 aliphatic rings. The van der Waals surface area contributed by atoms with Crippen LogP contribution in [0.4, 0.5) is 5.69 Å². The van der Waals surface area contributed by atoms with Crippen molar-refractivity contribution in [1.82, 2.24) is 9.88 Å². The maximum Gasteiger partial charge on any atom is 0.255 e. The fourth-order valence-electron chi connectivity index (χ4n) is 4.56. The first-order chi connectivity index (χ1) is 16.2. The summed E-state index contributed by atoms with van der Waals surface area (Å²) >= 11 is 0. The van der Waals surface area contributed by atoms with Crippen molar-refractivity contribution >= 4 is 22.5 Å². The van der Waals surface area contributed by atoms with Gasteiger partial charge in [-0.2, -0.15) is 0 Å². The monoisotopic (exact) mass is 439 g/mol. The second-order valence-corrected chi connectivity index (χ2v) is 8.53. The molecule has 0 fully saturated rings. The third-order valence-corrected chi connectivity index (χ3v) is 6.36. The van der Waals surface area contributed by atoms with Crippen molar-refractivity contribution in [3.63, 3.8) is 0 Å². The van der Waals surface area contributed by atoms with E-state index in [9.17, 15) is 4.79 Å². The molecule has 0 aliphatic carbocycles. The fourth-order valence-corrected chi connectivity index (χ4v) is 4.56. The van der Waals surface area contributed by atoms with Crippen LogP contribution >= 0.6 is 0 Å². The van der Waals surface area contributed by atoms with E-state index in [1.165, 1.54) is 16.7 Å². The predicted octanol–water partition coefficient (Wildman–Crippen LogP) is 5.42. The molecule has 4 aromatic rings. The fraction of sp³-hybridized carbons (Fsp3) is 0.250. The van der Waals surface area contributed by atoms with Crippen LogP contribution in [0.15, 0.2) is 72.9 Å². The molecule has 5 heteroatoms. The number of anilines is 1. The molecule has 0 unspecified atom stereocenters. The predicted molar refractivity (Wildman–Crippen MR) is 133 cm³/mol. The highest BCUT2D eigenvalue weighted by Gasteiger charge is 2.16. The average Bonchev–Trinajstić information content (AvgIpc) is 3.25. The van der Waals surface area contributed by atoms with Gasteiger partial charge in [-0.05, 0) is 78.9 Å². The van der Waals surface area contributed by atoms with Gasteiger partial charge in [0, 0.05) is 48.0 Å². The number of hydrogen-bond donors (Lipinski definition) is 2. The molecule has 168 valence electrons. The quantitative estimate of drug-likeness (QED) is 0.404. The Bertz CT molecular complexity index is 1260. The number of aromatic nitrogens is 1. The Kier molecular flexibility index (Phi) is 6.13. The van der Waals surface area contributed by atoms with Crippen LogP contribution in [0.3, 0.4) is 0 Å². The van der Waals surface area contributed by atoms with E-state index in [2.05, 4.69) is 51.7 Å². The lowest BCUT2D eigenvalue weighted by Crippen LogP contribution is -2.32. The number of carbonyl (C=O) groups is 1. The molecule has 0 spiro atoms. The summed E-state index contributed by atoms with van der Waals surface area (Å²) in [6.45, 7) is 5.68. The Morgan fingerprint density at radius 2 is 1.88 bits per heavy atom. The number of hydrogen-bond acceptors (Lipinski definition) is 3. The van der Waals surface area contributed by atoms with Gasteiger partial charge in [0.25, 0.3) is 5.91 Å². The standard InChI is InChI=1S/C28H29N3O2/c1-2-33-25-10-7-21(8-11-25)28(32)30-24-9-12-27-26(17-24)22(18-29-27)14-16-31-15-13-20-5-3-4-6-23(20)19-31/h3-12,17-18,29H,2,13-16,19H2,1H3,(H,30,32). The Hall–Kier alpha value is -3.57. The van der Waals surface area contributed by atoms with Gasteiger partial charge >= 0.3 is 0 Å². The van der Waals surface area contributed by atoms with Crippen LogP contribution in [0, 0.1) is 0 Å². The molecule has 5 rings (SSSR count). The molecule has 0 atom stereocenters. The second-order valence-electron chi connectivity index (χ2n) is 8.53. The largest absolute Gasteiger partial charge is 0.494 e. The van der Waals surface area contributed by atoms with Gasteiger partial charge in [-0.25, -0.2) is 0 Å². The number of amides is 1. The molecule has 0 saturated carbocycles. The Morgan fingerprint density at radius 3 is 2.70 bits per heavy atom. The summed E-state index contributed by atoms with van der Waals surface area (Å²) in [6, 6.07) is 22.0. The lowest BCUT2D eigenvalue weighted by Gasteiger charge is -2.28. The molecule has 2 heterocycles. The minimum absolute atomic E-state index is 0.124. The van der Waals surface area contributed by atoms with Crippen LogP contribution in [-0.4, -0.2) is 35.5 Å². The number of nitrogens with one attached hydrogen (secondary N) is 2. The number of benzene rings is 3. The maximum absolute atomic E-state index is 12.7. The molecule has 33 heavy (non-hydrogen) atoms. The van der Waals surface area contributed by atoms with Crippen molar-refractivity contribution < 1.29 is 9.53 Å². The maximum atomic E-state index is 12.7. The molecule has 1 aliphatic heterocycles. The molecule has 1 aromatic heterocycles. The zero-order valence-electron chi connectivity index (χ0n) is 18.9. The SMILES string of the molecule is CCOc1ccc(C(=O)Nc2ccc3[nH]cc(CCN4CCc5ccccc5C4)c3c2)cc1. The van der Waals surface area contributed by atoms with Crippen molar-refractivity contribution in [1.29, 1.82) is 0 Å². The lowest BCUT2D eigenvalue weighted by molar-refractivity contribution is 0.102. The Labute approximate surface area is 194 Å². The van der Waals surface area contributed by atoms with Gasteiger partial charge in [-0.3, -0.25) is 9.69 Å². The van der Waals surface area contributed by atoms with E-state index < -0.39 is 0 Å². The van der Waals surface area contributed by atoms with Crippen LogP contribution in [0.25, 0.3) is 10.9 Å². The van der Waals surface area contributed by atoms with E-state index in [0.717, 1.165) is 54.8 Å². The van der Waals surface area contributed by atoms with Crippen LogP contribution < -0.4 is 10.1 Å². The van der Waals surface area contributed by atoms with Crippen LogP contribution in [-0.2, 0) is 19.4 Å². The minimum atomic E-state index is -0.124. The van der Waals surface area contributed by atoms with E-state index in [4.69, 9.17) is 4.74 Å². The van der Waals surface area contributed by atoms with Gasteiger partial charge in [0.2, 0.25) is 0 Å². The number of aromatic amines is 1. The summed E-state index contributed by atoms with van der Waals surface area (Å²) in [5, 5.41) is 4.20. The van der Waals surface area contributed by atoms with Crippen LogP contribution in [0.2, 0.25) is 0 Å². The molecule has 2 N–H and O–H groups in total. The summed E-state index contributed by atoms with van der Waals surface area (Å²) in [4.78, 5) is 18.6. The highest BCUT2D eigenvalue weighted by molar-refractivity contribution is 6.05. The highest BCUT2D eigenvalue weighted by atomic mass is 16.5. The number of H-pyrrole nitrogens is 1. The lowest BCUT2D eigenvalue weighted by atomic mass is 9.99. The first-order valence-corrected chi connectivity index (χ1v) is 11.6. The van der Waals surface area contributed by atoms with Gasteiger partial charge in [0.15, 0.2) is 0 Å². The summed E-state index contributed by atoms with van der Waals surface area (Å²) < 4.78 is 5.46. The summed E-state index contributed by atoms with van der Waals surface area (Å²) in [6.07, 6.45) is 4.19. The smallest absolute Gasteiger partial charge is 0.255 e. The number of rotatable bonds is 7. The normalized spacial score (nSPS) is 13.6. The van der Waals surface area contributed by atoms with Gasteiger partial charge in [-0.15, -0.1) is 0 Å². The first kappa shape index (κ1) is 21.3. The minimum Gasteiger partial charge on any atom is -0.494 e. The van der Waals surface area contributed by atoms with Gasteiger partial charge < -0.3 is 15.0 Å². The van der Waals surface area contributed by atoms with E-state index in [1.54, 1.807) is 12.1 Å². The molecule has 1 amide bonds. The topological polar surface area (TPSA) is 57.4 Å². The Balaban J connectivity index is 1.25. The second kappa shape index (κ2) is 9.51. The zero-order chi connectivity index (χ0) is 22.6. The highest BCUT2D eigenvalue weighted by Crippen LogP contribution is 2.25. The number of fused-ring (bicyclic) bond motifs is 2. The van der Waals surface area contributed by atoms with Crippen molar-refractivity contribution in [3.8, 4) is 5.75 Å². The molecule has 0 saturated heterocycles. The van der Waals surface area contributed by atoms with Gasteiger partial charge in [0.1, 0.15) is 5.75 Å². The van der Waals surface area contributed by atoms with E-state index >= 15 is 0 Å². The summed E-state index contributed by atoms with van der Waals surface area (Å²) in [5.74, 6) is 0.645. The third kappa shape index (κ3) is 4.78. The van der Waals surface area contributed by atoms with E-state index in [0.29, 0.717) is 12.2 Å². The first-order valence-electron chi connectivity index (χ1n) is 11.6. The molecule has 0 bridgehead atoms. The molecular weight excluding hydrogens is 410 g/mol.